The molecule has 0 N–H and O–H groups in total. The summed E-state index contributed by atoms with van der Waals surface area (Å²) in [6.45, 7) is 12.8. The van der Waals surface area contributed by atoms with Crippen molar-refractivity contribution in [1.82, 2.24) is 4.90 Å². The van der Waals surface area contributed by atoms with E-state index in [4.69, 9.17) is 0 Å². The van der Waals surface area contributed by atoms with Crippen LogP contribution >= 0.6 is 0 Å². The first kappa shape index (κ1) is 21.2. The summed E-state index contributed by atoms with van der Waals surface area (Å²) in [6, 6.07) is 0. The van der Waals surface area contributed by atoms with E-state index in [1.54, 1.807) is 4.90 Å². The Kier molecular flexibility index (Phi) is 8.45. The molecule has 1 aliphatic heterocycles. The van der Waals surface area contributed by atoms with Crippen molar-refractivity contribution in [2.24, 2.45) is 17.8 Å². The van der Waals surface area contributed by atoms with Crippen LogP contribution in [-0.2, 0) is 9.59 Å². The molecule has 1 rings (SSSR count). The Morgan fingerprint density at radius 1 is 1.04 bits per heavy atom. The molecule has 1 heterocycles. The number of imide groups is 1. The fourth-order valence-corrected chi connectivity index (χ4v) is 4.50. The SMILES string of the molecule is CCCCCCC(CCC)C1CC(=O)N(C(C)(C)CC(C)C)C1=O. The molecule has 3 nitrogen and oxygen atoms in total. The second-order valence-corrected chi connectivity index (χ2v) is 8.69. The molecule has 0 spiro atoms. The van der Waals surface area contributed by atoms with Crippen LogP contribution in [0.5, 0.6) is 0 Å². The number of carbonyl (C=O) groups is 2. The van der Waals surface area contributed by atoms with E-state index in [-0.39, 0.29) is 23.3 Å². The lowest BCUT2D eigenvalue weighted by Gasteiger charge is -2.36. The fourth-order valence-electron chi connectivity index (χ4n) is 4.50. The van der Waals surface area contributed by atoms with Gasteiger partial charge in [-0.05, 0) is 44.9 Å². The van der Waals surface area contributed by atoms with E-state index in [1.165, 1.54) is 25.7 Å². The van der Waals surface area contributed by atoms with Gasteiger partial charge in [-0.25, -0.2) is 0 Å². The maximum Gasteiger partial charge on any atom is 0.233 e. The van der Waals surface area contributed by atoms with E-state index in [9.17, 15) is 9.59 Å². The third-order valence-corrected chi connectivity index (χ3v) is 5.35. The van der Waals surface area contributed by atoms with Gasteiger partial charge in [0.2, 0.25) is 11.8 Å². The van der Waals surface area contributed by atoms with Gasteiger partial charge >= 0.3 is 0 Å². The summed E-state index contributed by atoms with van der Waals surface area (Å²) in [5, 5.41) is 0. The van der Waals surface area contributed by atoms with E-state index < -0.39 is 0 Å². The number of rotatable bonds is 11. The van der Waals surface area contributed by atoms with Crippen molar-refractivity contribution in [3.05, 3.63) is 0 Å². The topological polar surface area (TPSA) is 37.4 Å². The first-order valence-corrected chi connectivity index (χ1v) is 10.1. The predicted octanol–water partition coefficient (Wildman–Crippen LogP) is 5.57. The molecule has 0 saturated carbocycles. The molecule has 24 heavy (non-hydrogen) atoms. The van der Waals surface area contributed by atoms with Gasteiger partial charge < -0.3 is 0 Å². The Labute approximate surface area is 149 Å². The summed E-state index contributed by atoms with van der Waals surface area (Å²) in [7, 11) is 0. The van der Waals surface area contributed by atoms with E-state index in [0.717, 1.165) is 25.7 Å². The maximum atomic E-state index is 13.1. The molecule has 1 aliphatic rings. The summed E-state index contributed by atoms with van der Waals surface area (Å²) in [4.78, 5) is 27.3. The number of amides is 2. The highest BCUT2D eigenvalue weighted by molar-refractivity contribution is 6.04. The zero-order chi connectivity index (χ0) is 18.3. The highest BCUT2D eigenvalue weighted by Crippen LogP contribution is 2.38. The van der Waals surface area contributed by atoms with Crippen LogP contribution in [0, 0.1) is 17.8 Å². The van der Waals surface area contributed by atoms with Gasteiger partial charge in [0.05, 0.1) is 5.92 Å². The lowest BCUT2D eigenvalue weighted by molar-refractivity contribution is -0.146. The van der Waals surface area contributed by atoms with Gasteiger partial charge in [-0.15, -0.1) is 0 Å². The van der Waals surface area contributed by atoms with Crippen molar-refractivity contribution in [1.29, 1.82) is 0 Å². The molecule has 0 bridgehead atoms. The molecule has 0 radical (unpaired) electrons. The minimum atomic E-state index is -0.365. The molecule has 2 unspecified atom stereocenters. The highest BCUT2D eigenvalue weighted by Gasteiger charge is 2.47. The smallest absolute Gasteiger partial charge is 0.233 e. The molecule has 3 heteroatoms. The number of likely N-dealkylation sites (tertiary alicyclic amines) is 1. The molecule has 2 atom stereocenters. The number of nitrogens with zero attached hydrogens (tertiary/aromatic N) is 1. The molecule has 0 aliphatic carbocycles. The number of unbranched alkanes of at least 4 members (excludes halogenated alkanes) is 3. The van der Waals surface area contributed by atoms with Gasteiger partial charge in [0.1, 0.15) is 0 Å². The number of carbonyl (C=O) groups excluding carboxylic acids is 2. The molecule has 1 saturated heterocycles. The average molecular weight is 338 g/mol. The van der Waals surface area contributed by atoms with Crippen molar-refractivity contribution in [3.63, 3.8) is 0 Å². The molecular weight excluding hydrogens is 298 g/mol. The molecule has 0 aromatic heterocycles. The van der Waals surface area contributed by atoms with Crippen LogP contribution in [0.4, 0.5) is 0 Å². The van der Waals surface area contributed by atoms with Crippen molar-refractivity contribution < 1.29 is 9.59 Å². The van der Waals surface area contributed by atoms with Crippen LogP contribution < -0.4 is 0 Å². The van der Waals surface area contributed by atoms with E-state index in [0.29, 0.717) is 18.3 Å². The second-order valence-electron chi connectivity index (χ2n) is 8.69. The Morgan fingerprint density at radius 3 is 2.25 bits per heavy atom. The Morgan fingerprint density at radius 2 is 1.71 bits per heavy atom. The Balaban J connectivity index is 2.80. The normalized spacial score (nSPS) is 20.3. The van der Waals surface area contributed by atoms with Crippen LogP contribution in [0.15, 0.2) is 0 Å². The second kappa shape index (κ2) is 9.58. The van der Waals surface area contributed by atoms with Crippen molar-refractivity contribution in [3.8, 4) is 0 Å². The third kappa shape index (κ3) is 5.60. The average Bonchev–Trinajstić information content (AvgIpc) is 2.76. The predicted molar refractivity (Wildman–Crippen MR) is 101 cm³/mol. The molecule has 0 aromatic carbocycles. The van der Waals surface area contributed by atoms with E-state index in [2.05, 4.69) is 27.7 Å². The Hall–Kier alpha value is -0.860. The molecule has 2 amide bonds. The van der Waals surface area contributed by atoms with E-state index >= 15 is 0 Å². The number of hydrogen-bond donors (Lipinski definition) is 0. The largest absolute Gasteiger partial charge is 0.277 e. The van der Waals surface area contributed by atoms with Gasteiger partial charge in [0.15, 0.2) is 0 Å². The summed E-state index contributed by atoms with van der Waals surface area (Å²) in [5.41, 5.74) is -0.365. The van der Waals surface area contributed by atoms with Crippen LogP contribution in [-0.4, -0.2) is 22.3 Å². The van der Waals surface area contributed by atoms with Crippen molar-refractivity contribution in [2.75, 3.05) is 0 Å². The standard InChI is InChI=1S/C21H39NO2/c1-7-9-10-11-13-17(12-8-2)18-14-19(23)22(20(18)24)21(5,6)15-16(3)4/h16-18H,7-15H2,1-6H3. The van der Waals surface area contributed by atoms with Crippen LogP contribution in [0.2, 0.25) is 0 Å². The zero-order valence-corrected chi connectivity index (χ0v) is 16.9. The van der Waals surface area contributed by atoms with Gasteiger partial charge in [-0.2, -0.15) is 0 Å². The maximum absolute atomic E-state index is 13.1. The minimum absolute atomic E-state index is 0.0466. The molecule has 1 fully saturated rings. The van der Waals surface area contributed by atoms with Crippen LogP contribution in [0.1, 0.15) is 99.3 Å². The van der Waals surface area contributed by atoms with Crippen LogP contribution in [0.25, 0.3) is 0 Å². The zero-order valence-electron chi connectivity index (χ0n) is 16.9. The summed E-state index contributed by atoms with van der Waals surface area (Å²) in [5.74, 6) is 0.915. The minimum Gasteiger partial charge on any atom is -0.277 e. The fraction of sp³-hybridized carbons (Fsp3) is 0.905. The summed E-state index contributed by atoms with van der Waals surface area (Å²) < 4.78 is 0. The van der Waals surface area contributed by atoms with Gasteiger partial charge in [0.25, 0.3) is 0 Å². The summed E-state index contributed by atoms with van der Waals surface area (Å²) >= 11 is 0. The highest BCUT2D eigenvalue weighted by atomic mass is 16.2. The van der Waals surface area contributed by atoms with Crippen LogP contribution in [0.3, 0.4) is 0 Å². The molecular formula is C21H39NO2. The molecule has 140 valence electrons. The van der Waals surface area contributed by atoms with Crippen molar-refractivity contribution in [2.45, 2.75) is 105 Å². The van der Waals surface area contributed by atoms with Gasteiger partial charge in [-0.1, -0.05) is 59.8 Å². The lowest BCUT2D eigenvalue weighted by atomic mass is 9.83. The first-order chi connectivity index (χ1) is 11.2. The third-order valence-electron chi connectivity index (χ3n) is 5.35. The molecule has 0 aromatic rings. The number of hydrogen-bond acceptors (Lipinski definition) is 2. The first-order valence-electron chi connectivity index (χ1n) is 10.1. The lowest BCUT2D eigenvalue weighted by Crippen LogP contribution is -2.49. The quantitative estimate of drug-likeness (QED) is 0.365. The van der Waals surface area contributed by atoms with Gasteiger partial charge in [-0.3, -0.25) is 14.5 Å². The monoisotopic (exact) mass is 337 g/mol. The Bertz CT molecular complexity index is 414. The van der Waals surface area contributed by atoms with E-state index in [1.807, 2.05) is 13.8 Å². The summed E-state index contributed by atoms with van der Waals surface area (Å²) in [6.07, 6.45) is 9.47. The van der Waals surface area contributed by atoms with Gasteiger partial charge in [0, 0.05) is 12.0 Å². The van der Waals surface area contributed by atoms with Crippen molar-refractivity contribution >= 4 is 11.8 Å².